The Labute approximate surface area is 137 Å². The third-order valence-electron chi connectivity index (χ3n) is 2.88. The zero-order valence-corrected chi connectivity index (χ0v) is 14.5. The monoisotopic (exact) mass is 322 g/mol. The van der Waals surface area contributed by atoms with Crippen molar-refractivity contribution < 1.29 is 19.1 Å². The van der Waals surface area contributed by atoms with Crippen molar-refractivity contribution in [1.29, 1.82) is 0 Å². The van der Waals surface area contributed by atoms with Gasteiger partial charge in [0.25, 0.3) is 0 Å². The van der Waals surface area contributed by atoms with E-state index in [1.807, 2.05) is 25.1 Å². The summed E-state index contributed by atoms with van der Waals surface area (Å²) in [5.41, 5.74) is 1.16. The fourth-order valence-corrected chi connectivity index (χ4v) is 1.89. The molecule has 23 heavy (non-hydrogen) atoms. The standard InChI is InChI=1S/C17H26N2O4/c1-12-8-9-14(22-5)13(11-12)19-15(20)7-6-10-18-16(21)23-17(2,3)4/h8-9,11H,6-7,10H2,1-5H3,(H,18,21)(H,19,20). The lowest BCUT2D eigenvalue weighted by Gasteiger charge is -2.19. The molecule has 0 bridgehead atoms. The van der Waals surface area contributed by atoms with Crippen LogP contribution >= 0.6 is 0 Å². The van der Waals surface area contributed by atoms with Crippen LogP contribution < -0.4 is 15.4 Å². The lowest BCUT2D eigenvalue weighted by atomic mass is 10.2. The van der Waals surface area contributed by atoms with E-state index in [0.717, 1.165) is 5.56 Å². The van der Waals surface area contributed by atoms with Crippen molar-refractivity contribution in [2.75, 3.05) is 19.0 Å². The maximum absolute atomic E-state index is 12.0. The Kier molecular flexibility index (Phi) is 6.88. The van der Waals surface area contributed by atoms with Crippen LogP contribution in [0.15, 0.2) is 18.2 Å². The second-order valence-electron chi connectivity index (χ2n) is 6.28. The van der Waals surface area contributed by atoms with Gasteiger partial charge in [-0.05, 0) is 51.8 Å². The molecule has 2 amide bonds. The third-order valence-corrected chi connectivity index (χ3v) is 2.88. The molecule has 0 aliphatic rings. The van der Waals surface area contributed by atoms with Gasteiger partial charge >= 0.3 is 6.09 Å². The van der Waals surface area contributed by atoms with Gasteiger partial charge in [0.05, 0.1) is 12.8 Å². The fraction of sp³-hybridized carbons (Fsp3) is 0.529. The molecular formula is C17H26N2O4. The van der Waals surface area contributed by atoms with E-state index in [0.29, 0.717) is 30.8 Å². The van der Waals surface area contributed by atoms with E-state index in [1.54, 1.807) is 27.9 Å². The van der Waals surface area contributed by atoms with E-state index in [4.69, 9.17) is 9.47 Å². The molecule has 2 N–H and O–H groups in total. The number of carbonyl (C=O) groups excluding carboxylic acids is 2. The van der Waals surface area contributed by atoms with Crippen LogP contribution in [-0.4, -0.2) is 31.3 Å². The molecule has 0 radical (unpaired) electrons. The Morgan fingerprint density at radius 2 is 1.91 bits per heavy atom. The average molecular weight is 322 g/mol. The molecule has 0 atom stereocenters. The first-order chi connectivity index (χ1) is 10.7. The lowest BCUT2D eigenvalue weighted by molar-refractivity contribution is -0.116. The SMILES string of the molecule is COc1ccc(C)cc1NC(=O)CCCNC(=O)OC(C)(C)C. The number of methoxy groups -OCH3 is 1. The number of benzene rings is 1. The Balaban J connectivity index is 2.35. The number of anilines is 1. The molecular weight excluding hydrogens is 296 g/mol. The molecule has 6 nitrogen and oxygen atoms in total. The van der Waals surface area contributed by atoms with Gasteiger partial charge in [-0.15, -0.1) is 0 Å². The number of alkyl carbamates (subject to hydrolysis) is 1. The van der Waals surface area contributed by atoms with Crippen molar-refractivity contribution in [3.8, 4) is 5.75 Å². The second kappa shape index (κ2) is 8.41. The van der Waals surface area contributed by atoms with Crippen LogP contribution in [0.4, 0.5) is 10.5 Å². The van der Waals surface area contributed by atoms with Crippen molar-refractivity contribution >= 4 is 17.7 Å². The van der Waals surface area contributed by atoms with Gasteiger partial charge in [-0.3, -0.25) is 4.79 Å². The summed E-state index contributed by atoms with van der Waals surface area (Å²) in [7, 11) is 1.56. The Bertz CT molecular complexity index is 550. The summed E-state index contributed by atoms with van der Waals surface area (Å²) >= 11 is 0. The summed E-state index contributed by atoms with van der Waals surface area (Å²) in [6.07, 6.45) is 0.352. The van der Waals surface area contributed by atoms with E-state index >= 15 is 0 Å². The zero-order valence-electron chi connectivity index (χ0n) is 14.5. The van der Waals surface area contributed by atoms with Gasteiger partial charge in [0, 0.05) is 13.0 Å². The summed E-state index contributed by atoms with van der Waals surface area (Å²) in [4.78, 5) is 23.4. The first-order valence-electron chi connectivity index (χ1n) is 7.62. The minimum absolute atomic E-state index is 0.125. The van der Waals surface area contributed by atoms with Gasteiger partial charge in [0.2, 0.25) is 5.91 Å². The molecule has 0 aliphatic heterocycles. The molecule has 1 rings (SSSR count). The van der Waals surface area contributed by atoms with Crippen molar-refractivity contribution in [3.63, 3.8) is 0 Å². The minimum Gasteiger partial charge on any atom is -0.495 e. The number of hydrogen-bond acceptors (Lipinski definition) is 4. The molecule has 0 saturated heterocycles. The number of ether oxygens (including phenoxy) is 2. The molecule has 0 fully saturated rings. The third kappa shape index (κ3) is 7.54. The predicted octanol–water partition coefficient (Wildman–Crippen LogP) is 3.25. The Hall–Kier alpha value is -2.24. The molecule has 0 unspecified atom stereocenters. The largest absolute Gasteiger partial charge is 0.495 e. The number of nitrogens with one attached hydrogen (secondary N) is 2. The maximum atomic E-state index is 12.0. The van der Waals surface area contributed by atoms with Crippen molar-refractivity contribution in [3.05, 3.63) is 23.8 Å². The molecule has 0 heterocycles. The van der Waals surface area contributed by atoms with Crippen molar-refractivity contribution in [2.24, 2.45) is 0 Å². The minimum atomic E-state index is -0.525. The van der Waals surface area contributed by atoms with Crippen molar-refractivity contribution in [1.82, 2.24) is 5.32 Å². The zero-order chi connectivity index (χ0) is 17.5. The fourth-order valence-electron chi connectivity index (χ4n) is 1.89. The van der Waals surface area contributed by atoms with Gasteiger partial charge < -0.3 is 20.1 Å². The highest BCUT2D eigenvalue weighted by molar-refractivity contribution is 5.92. The van der Waals surface area contributed by atoms with Crippen LogP contribution in [0.5, 0.6) is 5.75 Å². The molecule has 0 aliphatic carbocycles. The van der Waals surface area contributed by atoms with Gasteiger partial charge in [-0.1, -0.05) is 6.07 Å². The number of aryl methyl sites for hydroxylation is 1. The van der Waals surface area contributed by atoms with Crippen molar-refractivity contribution in [2.45, 2.75) is 46.1 Å². The van der Waals surface area contributed by atoms with Gasteiger partial charge in [-0.25, -0.2) is 4.79 Å². The lowest BCUT2D eigenvalue weighted by Crippen LogP contribution is -2.33. The quantitative estimate of drug-likeness (QED) is 0.788. The van der Waals surface area contributed by atoms with Crippen LogP contribution in [0.1, 0.15) is 39.2 Å². The van der Waals surface area contributed by atoms with Gasteiger partial charge in [0.15, 0.2) is 0 Å². The summed E-state index contributed by atoms with van der Waals surface area (Å²) in [6, 6.07) is 5.59. The maximum Gasteiger partial charge on any atom is 0.407 e. The van der Waals surface area contributed by atoms with Crippen LogP contribution in [0.2, 0.25) is 0 Å². The second-order valence-corrected chi connectivity index (χ2v) is 6.28. The first kappa shape index (κ1) is 18.8. The molecule has 1 aromatic carbocycles. The average Bonchev–Trinajstić information content (AvgIpc) is 2.42. The smallest absolute Gasteiger partial charge is 0.407 e. The topological polar surface area (TPSA) is 76.7 Å². The molecule has 0 aromatic heterocycles. The number of hydrogen-bond donors (Lipinski definition) is 2. The first-order valence-corrected chi connectivity index (χ1v) is 7.62. The van der Waals surface area contributed by atoms with Crippen LogP contribution in [0.25, 0.3) is 0 Å². The van der Waals surface area contributed by atoms with Gasteiger partial charge in [-0.2, -0.15) is 0 Å². The number of amides is 2. The Morgan fingerprint density at radius 3 is 2.52 bits per heavy atom. The van der Waals surface area contributed by atoms with Crippen LogP contribution in [0.3, 0.4) is 0 Å². The molecule has 128 valence electrons. The Morgan fingerprint density at radius 1 is 1.22 bits per heavy atom. The summed E-state index contributed by atoms with van der Waals surface area (Å²) in [5, 5.41) is 5.45. The number of carbonyl (C=O) groups is 2. The van der Waals surface area contributed by atoms with Gasteiger partial charge in [0.1, 0.15) is 11.4 Å². The van der Waals surface area contributed by atoms with Crippen LogP contribution in [0, 0.1) is 6.92 Å². The van der Waals surface area contributed by atoms with E-state index in [2.05, 4.69) is 10.6 Å². The van der Waals surface area contributed by atoms with E-state index in [9.17, 15) is 9.59 Å². The van der Waals surface area contributed by atoms with Crippen LogP contribution in [-0.2, 0) is 9.53 Å². The molecule has 0 saturated carbocycles. The summed E-state index contributed by atoms with van der Waals surface area (Å²) in [6.45, 7) is 7.73. The summed E-state index contributed by atoms with van der Waals surface area (Å²) < 4.78 is 10.3. The normalized spacial score (nSPS) is 10.8. The highest BCUT2D eigenvalue weighted by Gasteiger charge is 2.15. The molecule has 0 spiro atoms. The number of rotatable bonds is 6. The predicted molar refractivity (Wildman–Crippen MR) is 89.8 cm³/mol. The van der Waals surface area contributed by atoms with E-state index in [1.165, 1.54) is 0 Å². The molecule has 1 aromatic rings. The van der Waals surface area contributed by atoms with E-state index < -0.39 is 11.7 Å². The highest BCUT2D eigenvalue weighted by Crippen LogP contribution is 2.25. The molecule has 6 heteroatoms. The highest BCUT2D eigenvalue weighted by atomic mass is 16.6. The summed E-state index contributed by atoms with van der Waals surface area (Å²) in [5.74, 6) is 0.496. The van der Waals surface area contributed by atoms with E-state index in [-0.39, 0.29) is 5.91 Å².